The van der Waals surface area contributed by atoms with Crippen molar-refractivity contribution in [1.82, 2.24) is 10.4 Å². The van der Waals surface area contributed by atoms with E-state index in [-0.39, 0.29) is 0 Å². The molecule has 0 aromatic heterocycles. The van der Waals surface area contributed by atoms with Crippen LogP contribution in [0.4, 0.5) is 4.48 Å². The normalized spacial score (nSPS) is 14.8. The molecule has 13 heavy (non-hydrogen) atoms. The van der Waals surface area contributed by atoms with Gasteiger partial charge in [0, 0.05) is 6.92 Å². The number of carbonyl (C=O) groups excluding carboxylic acids is 1. The maximum Gasteiger partial charge on any atom is 0.244 e. The molecule has 0 saturated carbocycles. The van der Waals surface area contributed by atoms with Crippen molar-refractivity contribution in [3.8, 4) is 0 Å². The molecule has 1 amide bonds. The van der Waals surface area contributed by atoms with E-state index in [1.165, 1.54) is 25.9 Å². The molecule has 1 aliphatic rings. The van der Waals surface area contributed by atoms with Crippen LogP contribution in [0.15, 0.2) is 0 Å². The molecule has 1 aliphatic heterocycles. The monoisotopic (exact) mass is 192 g/mol. The van der Waals surface area contributed by atoms with E-state index in [1.807, 2.05) is 13.8 Å². The minimum absolute atomic E-state index is 0.662. The van der Waals surface area contributed by atoms with Crippen LogP contribution in [0.3, 0.4) is 0 Å². The maximum atomic E-state index is 10.5. The van der Waals surface area contributed by atoms with E-state index in [0.29, 0.717) is 0 Å². The van der Waals surface area contributed by atoms with Crippen LogP contribution in [0.2, 0.25) is 0 Å². The quantitative estimate of drug-likeness (QED) is 0.593. The third-order valence-corrected chi connectivity index (χ3v) is 1.46. The van der Waals surface area contributed by atoms with E-state index in [1.54, 1.807) is 0 Å². The van der Waals surface area contributed by atoms with Crippen molar-refractivity contribution in [3.63, 3.8) is 0 Å². The van der Waals surface area contributed by atoms with Gasteiger partial charge in [-0.05, 0) is 33.0 Å². The first kappa shape index (κ1) is 14.9. The van der Waals surface area contributed by atoms with Crippen LogP contribution in [0.5, 0.6) is 0 Å². The smallest absolute Gasteiger partial charge is 0.244 e. The van der Waals surface area contributed by atoms with E-state index in [4.69, 9.17) is 0 Å². The predicted octanol–water partition coefficient (Wildman–Crippen LogP) is 1.75. The second kappa shape index (κ2) is 11.4. The van der Waals surface area contributed by atoms with E-state index >= 15 is 0 Å². The molecule has 0 aromatic carbocycles. The van der Waals surface area contributed by atoms with Crippen molar-refractivity contribution in [2.45, 2.75) is 33.6 Å². The van der Waals surface area contributed by atoms with Gasteiger partial charge in [0.05, 0.1) is 0 Å². The molecule has 0 spiro atoms. The van der Waals surface area contributed by atoms with E-state index < -0.39 is 5.91 Å². The molecule has 1 fully saturated rings. The molecule has 0 bridgehead atoms. The lowest BCUT2D eigenvalue weighted by atomic mass is 10.4. The first-order valence-corrected chi connectivity index (χ1v) is 4.72. The third-order valence-electron chi connectivity index (χ3n) is 1.46. The Bertz CT molecular complexity index is 114. The molecule has 0 unspecified atom stereocenters. The van der Waals surface area contributed by atoms with Crippen molar-refractivity contribution in [2.75, 3.05) is 20.1 Å². The number of halogens is 1. The van der Waals surface area contributed by atoms with Gasteiger partial charge in [-0.1, -0.05) is 13.8 Å². The molecule has 4 heteroatoms. The van der Waals surface area contributed by atoms with E-state index in [0.717, 1.165) is 12.5 Å². The first-order valence-electron chi connectivity index (χ1n) is 4.72. The van der Waals surface area contributed by atoms with Crippen molar-refractivity contribution >= 4 is 5.91 Å². The fourth-order valence-corrected chi connectivity index (χ4v) is 0.875. The van der Waals surface area contributed by atoms with Gasteiger partial charge >= 0.3 is 0 Å². The number of carbonyl (C=O) groups is 1. The Morgan fingerprint density at radius 3 is 1.69 bits per heavy atom. The lowest BCUT2D eigenvalue weighted by Crippen LogP contribution is -2.10. The highest BCUT2D eigenvalue weighted by Gasteiger charge is 2.03. The summed E-state index contributed by atoms with van der Waals surface area (Å²) in [5.41, 5.74) is 0.889. The molecular formula is C9H21FN2O. The minimum Gasteiger partial charge on any atom is -0.306 e. The Labute approximate surface area is 80.2 Å². The Balaban J connectivity index is 0. The molecule has 0 radical (unpaired) electrons. The Hall–Kier alpha value is -0.640. The first-order chi connectivity index (χ1) is 6.16. The molecule has 1 saturated heterocycles. The second-order valence-electron chi connectivity index (χ2n) is 2.66. The Kier molecular flexibility index (Phi) is 13.0. The fraction of sp³-hybridized carbons (Fsp3) is 0.889. The van der Waals surface area contributed by atoms with Gasteiger partial charge in [0.25, 0.3) is 0 Å². The van der Waals surface area contributed by atoms with Gasteiger partial charge < -0.3 is 4.90 Å². The Morgan fingerprint density at radius 2 is 1.62 bits per heavy atom. The van der Waals surface area contributed by atoms with Gasteiger partial charge in [0.15, 0.2) is 0 Å². The van der Waals surface area contributed by atoms with E-state index in [2.05, 4.69) is 11.9 Å². The molecule has 0 aromatic rings. The Morgan fingerprint density at radius 1 is 1.31 bits per heavy atom. The van der Waals surface area contributed by atoms with Crippen LogP contribution in [0.1, 0.15) is 33.6 Å². The average Bonchev–Trinajstić information content (AvgIpc) is 2.60. The van der Waals surface area contributed by atoms with E-state index in [9.17, 15) is 9.28 Å². The highest BCUT2D eigenvalue weighted by Crippen LogP contribution is 2.01. The fourth-order valence-electron chi connectivity index (χ4n) is 0.875. The number of likely N-dealkylation sites (tertiary alicyclic amines) is 1. The summed E-state index contributed by atoms with van der Waals surface area (Å²) in [6.45, 7) is 7.74. The molecule has 1 heterocycles. The van der Waals surface area contributed by atoms with Gasteiger partial charge in [0.1, 0.15) is 0 Å². The lowest BCUT2D eigenvalue weighted by Gasteiger charge is -2.01. The molecule has 0 atom stereocenters. The number of hydrogen-bond acceptors (Lipinski definition) is 2. The summed E-state index contributed by atoms with van der Waals surface area (Å²) in [6.07, 6.45) is 2.83. The zero-order valence-electron chi connectivity index (χ0n) is 9.06. The largest absolute Gasteiger partial charge is 0.306 e. The van der Waals surface area contributed by atoms with Gasteiger partial charge in [-0.3, -0.25) is 4.79 Å². The molecular weight excluding hydrogens is 171 g/mol. The highest BCUT2D eigenvalue weighted by atomic mass is 19.2. The average molecular weight is 192 g/mol. The zero-order chi connectivity index (χ0) is 10.7. The zero-order valence-corrected chi connectivity index (χ0v) is 9.06. The summed E-state index contributed by atoms with van der Waals surface area (Å²) in [7, 11) is 2.17. The predicted molar refractivity (Wildman–Crippen MR) is 53.0 cm³/mol. The van der Waals surface area contributed by atoms with Crippen LogP contribution < -0.4 is 5.54 Å². The maximum absolute atomic E-state index is 10.5. The lowest BCUT2D eigenvalue weighted by molar-refractivity contribution is -0.123. The van der Waals surface area contributed by atoms with Crippen LogP contribution in [0, 0.1) is 0 Å². The van der Waals surface area contributed by atoms with Crippen molar-refractivity contribution < 1.29 is 9.28 Å². The highest BCUT2D eigenvalue weighted by molar-refractivity contribution is 5.71. The molecule has 1 rings (SSSR count). The summed E-state index contributed by atoms with van der Waals surface area (Å²) in [5.74, 6) is -0.662. The number of nitrogens with one attached hydrogen (secondary N) is 1. The number of amides is 1. The van der Waals surface area contributed by atoms with Crippen LogP contribution in [-0.2, 0) is 4.79 Å². The SMILES string of the molecule is CC.CC(=O)NF.CN1CCCC1. The van der Waals surface area contributed by atoms with Crippen molar-refractivity contribution in [1.29, 1.82) is 0 Å². The van der Waals surface area contributed by atoms with Gasteiger partial charge in [-0.15, -0.1) is 4.48 Å². The number of nitrogens with zero attached hydrogens (tertiary/aromatic N) is 1. The number of hydrogen-bond donors (Lipinski definition) is 1. The summed E-state index contributed by atoms with van der Waals surface area (Å²) in [6, 6.07) is 0. The molecule has 1 N–H and O–H groups in total. The molecule has 0 aliphatic carbocycles. The summed E-state index contributed by atoms with van der Waals surface area (Å²) in [5, 5.41) is 0. The summed E-state index contributed by atoms with van der Waals surface area (Å²) >= 11 is 0. The van der Waals surface area contributed by atoms with Gasteiger partial charge in [-0.25, -0.2) is 0 Å². The third kappa shape index (κ3) is 14.2. The second-order valence-corrected chi connectivity index (χ2v) is 2.66. The molecule has 3 nitrogen and oxygen atoms in total. The van der Waals surface area contributed by atoms with Gasteiger partial charge in [-0.2, -0.15) is 5.54 Å². The van der Waals surface area contributed by atoms with Crippen LogP contribution in [0.25, 0.3) is 0 Å². The van der Waals surface area contributed by atoms with Crippen LogP contribution in [-0.4, -0.2) is 30.9 Å². The number of rotatable bonds is 0. The van der Waals surface area contributed by atoms with Crippen molar-refractivity contribution in [2.24, 2.45) is 0 Å². The minimum atomic E-state index is -0.662. The van der Waals surface area contributed by atoms with Crippen molar-refractivity contribution in [3.05, 3.63) is 0 Å². The summed E-state index contributed by atoms with van der Waals surface area (Å²) in [4.78, 5) is 11.7. The standard InChI is InChI=1S/C5H11N.C2H4FNO.C2H6/c1-6-4-2-3-5-6;1-2(5)4-3;1-2/h2-5H2,1H3;1H3,(H,4,5);1-2H3. The molecule has 80 valence electrons. The van der Waals surface area contributed by atoms with Gasteiger partial charge in [0.2, 0.25) is 5.91 Å². The van der Waals surface area contributed by atoms with Crippen LogP contribution >= 0.6 is 0 Å². The topological polar surface area (TPSA) is 32.3 Å². The summed E-state index contributed by atoms with van der Waals surface area (Å²) < 4.78 is 10.5.